The van der Waals surface area contributed by atoms with E-state index in [0.29, 0.717) is 53.7 Å². The van der Waals surface area contributed by atoms with Gasteiger partial charge in [0.15, 0.2) is 23.0 Å². The second kappa shape index (κ2) is 12.9. The van der Waals surface area contributed by atoms with Crippen LogP contribution in [0.3, 0.4) is 0 Å². The van der Waals surface area contributed by atoms with Crippen molar-refractivity contribution in [1.82, 2.24) is 19.7 Å². The highest BCUT2D eigenvalue weighted by Crippen LogP contribution is 2.32. The first-order valence-corrected chi connectivity index (χ1v) is 15.7. The van der Waals surface area contributed by atoms with Gasteiger partial charge in [-0.15, -0.1) is 0 Å². The largest absolute Gasteiger partial charge is 0.494 e. The monoisotopic (exact) mass is 614 g/mol. The molecule has 0 spiro atoms. The average molecular weight is 615 g/mol. The van der Waals surface area contributed by atoms with E-state index in [1.54, 1.807) is 49.8 Å². The van der Waals surface area contributed by atoms with Crippen LogP contribution < -0.4 is 15.4 Å². The van der Waals surface area contributed by atoms with E-state index in [2.05, 4.69) is 25.0 Å². The number of hydrogen-bond acceptors (Lipinski definition) is 8. The van der Waals surface area contributed by atoms with Gasteiger partial charge in [0.05, 0.1) is 40.2 Å². The van der Waals surface area contributed by atoms with Crippen LogP contribution >= 0.6 is 0 Å². The first-order chi connectivity index (χ1) is 20.3. The summed E-state index contributed by atoms with van der Waals surface area (Å²) in [4.78, 5) is 21.2. The van der Waals surface area contributed by atoms with Crippen molar-refractivity contribution in [2.75, 3.05) is 31.8 Å². The van der Waals surface area contributed by atoms with E-state index in [1.807, 2.05) is 13.0 Å². The molecule has 43 heavy (non-hydrogen) atoms. The number of nitrogens with zero attached hydrogens (tertiary/aromatic N) is 4. The average Bonchev–Trinajstić information content (AvgIpc) is 3.38. The number of aromatic nitrogens is 3. The summed E-state index contributed by atoms with van der Waals surface area (Å²) in [6.07, 6.45) is 6.82. The van der Waals surface area contributed by atoms with Gasteiger partial charge >= 0.3 is 6.09 Å². The molecule has 13 heteroatoms. The molecule has 0 saturated carbocycles. The lowest BCUT2D eigenvalue weighted by Crippen LogP contribution is -2.33. The molecule has 2 heterocycles. The molecule has 1 atom stereocenters. The number of amides is 1. The van der Waals surface area contributed by atoms with Crippen LogP contribution in [0.25, 0.3) is 16.9 Å². The summed E-state index contributed by atoms with van der Waals surface area (Å²) in [5, 5.41) is 5.91. The number of aryl methyl sites for hydroxylation is 1. The number of imidazole rings is 1. The molecule has 0 saturated heterocycles. The molecule has 230 valence electrons. The number of methoxy groups -OCH3 is 1. The predicted molar refractivity (Wildman–Crippen MR) is 162 cm³/mol. The van der Waals surface area contributed by atoms with Gasteiger partial charge in [-0.3, -0.25) is 4.40 Å². The summed E-state index contributed by atoms with van der Waals surface area (Å²) >= 11 is 0. The molecule has 10 nitrogen and oxygen atoms in total. The van der Waals surface area contributed by atoms with Crippen LogP contribution in [0.2, 0.25) is 0 Å². The van der Waals surface area contributed by atoms with Gasteiger partial charge in [0.2, 0.25) is 5.82 Å². The molecule has 2 aromatic heterocycles. The fraction of sp³-hybridized carbons (Fsp3) is 0.367. The standard InChI is InChI=1S/C30H36F2N6O4S/c1-7-19-17-20(9-12-24(19)43(6,40)36-14-8-13-34-29(39)42-30(2,3)4)37-27-28-35-18-22(38(28)16-15-33-27)21-10-11-23(41-5)26(32)25(21)31/h9-12,15-18H,7-8,13-14H2,1-6H3,(H,33,37)(H,34,39). The summed E-state index contributed by atoms with van der Waals surface area (Å²) in [7, 11) is -1.43. The number of ether oxygens (including phenoxy) is 2. The Morgan fingerprint density at radius 3 is 2.60 bits per heavy atom. The van der Waals surface area contributed by atoms with Crippen LogP contribution in [0.5, 0.6) is 5.75 Å². The van der Waals surface area contributed by atoms with E-state index in [-0.39, 0.29) is 11.3 Å². The van der Waals surface area contributed by atoms with E-state index in [0.717, 1.165) is 5.56 Å². The van der Waals surface area contributed by atoms with Crippen LogP contribution in [0.4, 0.5) is 25.1 Å². The number of hydrogen-bond donors (Lipinski definition) is 2. The molecule has 0 bridgehead atoms. The fourth-order valence-corrected chi connectivity index (χ4v) is 6.05. The van der Waals surface area contributed by atoms with E-state index >= 15 is 0 Å². The smallest absolute Gasteiger partial charge is 0.407 e. The number of carbonyl (C=O) groups excluding carboxylic acids is 1. The molecule has 0 radical (unpaired) electrons. The zero-order valence-corrected chi connectivity index (χ0v) is 25.8. The van der Waals surface area contributed by atoms with Crippen molar-refractivity contribution in [1.29, 1.82) is 0 Å². The van der Waals surface area contributed by atoms with E-state index in [4.69, 9.17) is 9.47 Å². The maximum atomic E-state index is 14.8. The van der Waals surface area contributed by atoms with E-state index < -0.39 is 33.1 Å². The zero-order valence-electron chi connectivity index (χ0n) is 25.0. The first-order valence-electron chi connectivity index (χ1n) is 13.7. The molecule has 0 aliphatic carbocycles. The Kier molecular flexibility index (Phi) is 9.53. The number of nitrogens with one attached hydrogen (secondary N) is 2. The van der Waals surface area contributed by atoms with Crippen molar-refractivity contribution in [2.45, 2.75) is 51.0 Å². The van der Waals surface area contributed by atoms with Crippen LogP contribution in [0.1, 0.15) is 39.7 Å². The Labute approximate surface area is 250 Å². The van der Waals surface area contributed by atoms with Gasteiger partial charge in [0, 0.05) is 36.4 Å². The van der Waals surface area contributed by atoms with Gasteiger partial charge in [-0.05, 0) is 69.5 Å². The number of benzene rings is 2. The Balaban J connectivity index is 1.52. The normalized spacial score (nSPS) is 12.9. The SMILES string of the molecule is CCc1cc(Nc2nccn3c(-c4ccc(OC)c(F)c4F)cnc23)ccc1S(C)(=O)=NCCCNC(=O)OC(C)(C)C. The highest BCUT2D eigenvalue weighted by atomic mass is 32.2. The quantitative estimate of drug-likeness (QED) is 0.200. The summed E-state index contributed by atoms with van der Waals surface area (Å²) in [6, 6.07) is 8.24. The van der Waals surface area contributed by atoms with Gasteiger partial charge in [-0.1, -0.05) is 6.92 Å². The molecule has 0 aliphatic heterocycles. The summed E-state index contributed by atoms with van der Waals surface area (Å²) in [6.45, 7) is 8.00. The van der Waals surface area contributed by atoms with Crippen molar-refractivity contribution < 1.29 is 27.3 Å². The third-order valence-corrected chi connectivity index (χ3v) is 8.31. The van der Waals surface area contributed by atoms with Gasteiger partial charge in [0.25, 0.3) is 0 Å². The first kappa shape index (κ1) is 31.7. The van der Waals surface area contributed by atoms with Crippen LogP contribution in [0.15, 0.2) is 58.2 Å². The van der Waals surface area contributed by atoms with Crippen molar-refractivity contribution >= 4 is 33.0 Å². The second-order valence-corrected chi connectivity index (χ2v) is 13.1. The zero-order chi connectivity index (χ0) is 31.4. The lowest BCUT2D eigenvalue weighted by atomic mass is 10.1. The molecular weight excluding hydrogens is 578 g/mol. The second-order valence-electron chi connectivity index (χ2n) is 10.8. The maximum absolute atomic E-state index is 14.8. The topological polar surface area (TPSA) is 119 Å². The lowest BCUT2D eigenvalue weighted by molar-refractivity contribution is 0.0527. The Morgan fingerprint density at radius 2 is 1.91 bits per heavy atom. The summed E-state index contributed by atoms with van der Waals surface area (Å²) in [5.74, 6) is -1.90. The molecule has 1 unspecified atom stereocenters. The number of carbonyl (C=O) groups is 1. The molecular formula is C30H36F2N6O4S. The number of halogens is 2. The molecule has 2 aromatic carbocycles. The number of anilines is 2. The molecule has 0 fully saturated rings. The molecule has 0 aliphatic rings. The van der Waals surface area contributed by atoms with Crippen molar-refractivity contribution in [2.24, 2.45) is 4.36 Å². The van der Waals surface area contributed by atoms with Crippen LogP contribution in [0, 0.1) is 11.6 Å². The minimum atomic E-state index is -2.70. The van der Waals surface area contributed by atoms with Gasteiger partial charge in [0.1, 0.15) is 5.60 Å². The maximum Gasteiger partial charge on any atom is 0.407 e. The van der Waals surface area contributed by atoms with Crippen LogP contribution in [-0.2, 0) is 20.9 Å². The summed E-state index contributed by atoms with van der Waals surface area (Å²) < 4.78 is 58.9. The third-order valence-electron chi connectivity index (χ3n) is 6.42. The predicted octanol–water partition coefficient (Wildman–Crippen LogP) is 6.36. The van der Waals surface area contributed by atoms with Crippen molar-refractivity contribution in [3.05, 3.63) is 66.1 Å². The highest BCUT2D eigenvalue weighted by molar-refractivity contribution is 7.93. The van der Waals surface area contributed by atoms with Gasteiger partial charge < -0.3 is 20.1 Å². The third kappa shape index (κ3) is 7.39. The minimum absolute atomic E-state index is 0.0302. The minimum Gasteiger partial charge on any atom is -0.494 e. The van der Waals surface area contributed by atoms with Crippen LogP contribution in [-0.4, -0.2) is 56.7 Å². The molecule has 1 amide bonds. The number of rotatable bonds is 10. The van der Waals surface area contributed by atoms with Crippen molar-refractivity contribution in [3.8, 4) is 17.0 Å². The van der Waals surface area contributed by atoms with E-state index in [1.165, 1.54) is 31.6 Å². The number of fused-ring (bicyclic) bond motifs is 1. The lowest BCUT2D eigenvalue weighted by Gasteiger charge is -2.19. The Bertz CT molecular complexity index is 1760. The number of alkyl carbamates (subject to hydrolysis) is 1. The molecule has 2 N–H and O–H groups in total. The summed E-state index contributed by atoms with van der Waals surface area (Å²) in [5.41, 5.74) is 1.74. The van der Waals surface area contributed by atoms with Crippen molar-refractivity contribution in [3.63, 3.8) is 0 Å². The van der Waals surface area contributed by atoms with Gasteiger partial charge in [-0.25, -0.2) is 27.7 Å². The highest BCUT2D eigenvalue weighted by Gasteiger charge is 2.20. The van der Waals surface area contributed by atoms with E-state index in [9.17, 15) is 17.8 Å². The van der Waals surface area contributed by atoms with Gasteiger partial charge in [-0.2, -0.15) is 4.39 Å². The molecule has 4 aromatic rings. The fourth-order valence-electron chi connectivity index (χ4n) is 4.43. The molecule has 4 rings (SSSR count). The Hall–Kier alpha value is -4.26. The Morgan fingerprint density at radius 1 is 1.14 bits per heavy atom.